The maximum atomic E-state index is 12.4. The number of halogens is 1. The topological polar surface area (TPSA) is 88.7 Å². The van der Waals surface area contributed by atoms with E-state index in [9.17, 15) is 9.59 Å². The molecule has 0 fully saturated rings. The van der Waals surface area contributed by atoms with Gasteiger partial charge in [-0.15, -0.1) is 0 Å². The molecule has 0 aliphatic heterocycles. The van der Waals surface area contributed by atoms with Gasteiger partial charge in [-0.05, 0) is 55.9 Å². The molecule has 2 aromatic rings. The number of hydrazine groups is 1. The number of para-hydroxylation sites is 1. The van der Waals surface area contributed by atoms with Crippen molar-refractivity contribution in [2.45, 2.75) is 13.8 Å². The maximum absolute atomic E-state index is 12.4. The molecule has 9 heteroatoms. The van der Waals surface area contributed by atoms with Gasteiger partial charge in [0.1, 0.15) is 11.5 Å². The van der Waals surface area contributed by atoms with Gasteiger partial charge in [-0.3, -0.25) is 25.8 Å². The molecule has 0 radical (unpaired) electrons. The summed E-state index contributed by atoms with van der Waals surface area (Å²) in [6, 6.07) is 12.4. The van der Waals surface area contributed by atoms with E-state index >= 15 is 0 Å². The zero-order valence-electron chi connectivity index (χ0n) is 15.4. The Morgan fingerprint density at radius 2 is 1.82 bits per heavy atom. The third-order valence-electron chi connectivity index (χ3n) is 3.48. The van der Waals surface area contributed by atoms with Crippen molar-refractivity contribution in [3.63, 3.8) is 0 Å². The number of rotatable bonds is 6. The minimum atomic E-state index is -0.465. The minimum Gasteiger partial charge on any atom is -0.493 e. The Kier molecular flexibility index (Phi) is 8.21. The normalized spacial score (nSPS) is 9.96. The molecule has 0 saturated carbocycles. The third-order valence-corrected chi connectivity index (χ3v) is 4.18. The van der Waals surface area contributed by atoms with Crippen molar-refractivity contribution in [3.05, 3.63) is 58.1 Å². The lowest BCUT2D eigenvalue weighted by atomic mass is 10.2. The number of carbonyl (C=O) groups excluding carboxylic acids is 2. The molecule has 7 nitrogen and oxygen atoms in total. The predicted molar refractivity (Wildman–Crippen MR) is 113 cm³/mol. The van der Waals surface area contributed by atoms with Gasteiger partial charge in [0, 0.05) is 4.47 Å². The van der Waals surface area contributed by atoms with Gasteiger partial charge in [0.2, 0.25) is 0 Å². The van der Waals surface area contributed by atoms with Crippen LogP contribution in [0.4, 0.5) is 0 Å². The highest BCUT2D eigenvalue weighted by atomic mass is 79.9. The van der Waals surface area contributed by atoms with E-state index in [4.69, 9.17) is 21.7 Å². The molecular weight excluding hydrogens is 446 g/mol. The van der Waals surface area contributed by atoms with Gasteiger partial charge in [-0.1, -0.05) is 34.1 Å². The monoisotopic (exact) mass is 465 g/mol. The van der Waals surface area contributed by atoms with Crippen LogP contribution < -0.4 is 25.6 Å². The molecule has 148 valence electrons. The quantitative estimate of drug-likeness (QED) is 0.448. The predicted octanol–water partition coefficient (Wildman–Crippen LogP) is 2.87. The first-order chi connectivity index (χ1) is 13.4. The van der Waals surface area contributed by atoms with E-state index in [2.05, 4.69) is 32.1 Å². The minimum absolute atomic E-state index is 0.0586. The fraction of sp³-hybridized carbons (Fsp3) is 0.211. The molecular formula is C19H20BrN3O4S. The van der Waals surface area contributed by atoms with Crippen LogP contribution in [0.25, 0.3) is 0 Å². The second kappa shape index (κ2) is 10.6. The molecule has 0 aliphatic rings. The summed E-state index contributed by atoms with van der Waals surface area (Å²) >= 11 is 8.36. The number of ether oxygens (including phenoxy) is 2. The molecule has 0 spiro atoms. The van der Waals surface area contributed by atoms with E-state index in [1.165, 1.54) is 0 Å². The third kappa shape index (κ3) is 6.50. The number of nitrogens with one attached hydrogen (secondary N) is 3. The highest BCUT2D eigenvalue weighted by molar-refractivity contribution is 9.10. The van der Waals surface area contributed by atoms with Gasteiger partial charge in [0.25, 0.3) is 11.8 Å². The van der Waals surface area contributed by atoms with Crippen LogP contribution in [0.15, 0.2) is 46.9 Å². The van der Waals surface area contributed by atoms with Gasteiger partial charge >= 0.3 is 0 Å². The van der Waals surface area contributed by atoms with Crippen molar-refractivity contribution in [2.24, 2.45) is 0 Å². The molecule has 0 bridgehead atoms. The Bertz CT molecular complexity index is 876. The SMILES string of the molecule is CCOc1ccc(Br)cc1C(=O)NC(=S)NNC(=O)COc1ccccc1C. The second-order valence-corrected chi connectivity index (χ2v) is 6.91. The number of aryl methyl sites for hydroxylation is 1. The summed E-state index contributed by atoms with van der Waals surface area (Å²) in [4.78, 5) is 24.3. The van der Waals surface area contributed by atoms with Crippen LogP contribution in [0.3, 0.4) is 0 Å². The van der Waals surface area contributed by atoms with E-state index < -0.39 is 11.8 Å². The van der Waals surface area contributed by atoms with Crippen molar-refractivity contribution in [2.75, 3.05) is 13.2 Å². The number of benzene rings is 2. The Balaban J connectivity index is 1.83. The summed E-state index contributed by atoms with van der Waals surface area (Å²) < 4.78 is 11.6. The first kappa shape index (κ1) is 21.6. The lowest BCUT2D eigenvalue weighted by Crippen LogP contribution is -2.49. The van der Waals surface area contributed by atoms with E-state index in [0.29, 0.717) is 23.7 Å². The summed E-state index contributed by atoms with van der Waals surface area (Å²) in [6.45, 7) is 3.93. The Labute approximate surface area is 176 Å². The van der Waals surface area contributed by atoms with Gasteiger partial charge in [0.15, 0.2) is 11.7 Å². The molecule has 0 aliphatic carbocycles. The first-order valence-corrected chi connectivity index (χ1v) is 9.61. The molecule has 0 atom stereocenters. The number of carbonyl (C=O) groups is 2. The lowest BCUT2D eigenvalue weighted by molar-refractivity contribution is -0.123. The van der Waals surface area contributed by atoms with E-state index in [1.54, 1.807) is 24.3 Å². The molecule has 2 aromatic carbocycles. The lowest BCUT2D eigenvalue weighted by Gasteiger charge is -2.14. The van der Waals surface area contributed by atoms with Crippen LogP contribution in [0.1, 0.15) is 22.8 Å². The van der Waals surface area contributed by atoms with Crippen molar-refractivity contribution in [3.8, 4) is 11.5 Å². The smallest absolute Gasteiger partial charge is 0.276 e. The zero-order chi connectivity index (χ0) is 20.5. The number of thiocarbonyl (C=S) groups is 1. The molecule has 0 saturated heterocycles. The van der Waals surface area contributed by atoms with Crippen molar-refractivity contribution >= 4 is 45.1 Å². The van der Waals surface area contributed by atoms with Crippen LogP contribution in [0, 0.1) is 6.92 Å². The van der Waals surface area contributed by atoms with Gasteiger partial charge in [-0.25, -0.2) is 0 Å². The molecule has 2 amide bonds. The average Bonchev–Trinajstić information content (AvgIpc) is 2.67. The first-order valence-electron chi connectivity index (χ1n) is 8.41. The summed E-state index contributed by atoms with van der Waals surface area (Å²) in [7, 11) is 0. The highest BCUT2D eigenvalue weighted by Gasteiger charge is 2.15. The number of hydrogen-bond donors (Lipinski definition) is 3. The van der Waals surface area contributed by atoms with Crippen molar-refractivity contribution in [1.82, 2.24) is 16.2 Å². The summed E-state index contributed by atoms with van der Waals surface area (Å²) in [5.74, 6) is 0.137. The van der Waals surface area contributed by atoms with E-state index in [1.807, 2.05) is 32.0 Å². The molecule has 0 unspecified atom stereocenters. The second-order valence-electron chi connectivity index (χ2n) is 5.58. The molecule has 2 rings (SSSR count). The fourth-order valence-corrected chi connectivity index (χ4v) is 2.69. The number of hydrogen-bond acceptors (Lipinski definition) is 5. The van der Waals surface area contributed by atoms with Crippen LogP contribution in [0.2, 0.25) is 0 Å². The van der Waals surface area contributed by atoms with Gasteiger partial charge < -0.3 is 9.47 Å². The van der Waals surface area contributed by atoms with Crippen LogP contribution in [-0.2, 0) is 4.79 Å². The Morgan fingerprint density at radius 3 is 2.54 bits per heavy atom. The van der Waals surface area contributed by atoms with Crippen LogP contribution in [-0.4, -0.2) is 30.1 Å². The standard InChI is InChI=1S/C19H20BrN3O4S/c1-3-26-16-9-8-13(20)10-14(16)18(25)21-19(28)23-22-17(24)11-27-15-7-5-4-6-12(15)2/h4-10H,3,11H2,1-2H3,(H,22,24)(H2,21,23,25,28). The van der Waals surface area contributed by atoms with Crippen LogP contribution >= 0.6 is 28.1 Å². The summed E-state index contributed by atoms with van der Waals surface area (Å²) in [6.07, 6.45) is 0. The van der Waals surface area contributed by atoms with Crippen molar-refractivity contribution in [1.29, 1.82) is 0 Å². The average molecular weight is 466 g/mol. The molecule has 0 aromatic heterocycles. The number of amides is 2. The highest BCUT2D eigenvalue weighted by Crippen LogP contribution is 2.23. The zero-order valence-corrected chi connectivity index (χ0v) is 17.8. The van der Waals surface area contributed by atoms with Crippen molar-refractivity contribution < 1.29 is 19.1 Å². The Morgan fingerprint density at radius 1 is 1.07 bits per heavy atom. The van der Waals surface area contributed by atoms with Gasteiger partial charge in [0.05, 0.1) is 12.2 Å². The maximum Gasteiger partial charge on any atom is 0.276 e. The summed E-state index contributed by atoms with van der Waals surface area (Å²) in [5, 5.41) is 2.43. The van der Waals surface area contributed by atoms with E-state index in [-0.39, 0.29) is 11.7 Å². The largest absolute Gasteiger partial charge is 0.493 e. The van der Waals surface area contributed by atoms with E-state index in [0.717, 1.165) is 10.0 Å². The molecule has 0 heterocycles. The van der Waals surface area contributed by atoms with Gasteiger partial charge in [-0.2, -0.15) is 0 Å². The molecule has 3 N–H and O–H groups in total. The molecule has 28 heavy (non-hydrogen) atoms. The van der Waals surface area contributed by atoms with Crippen LogP contribution in [0.5, 0.6) is 11.5 Å². The Hall–Kier alpha value is -2.65. The summed E-state index contributed by atoms with van der Waals surface area (Å²) in [5.41, 5.74) is 6.07. The fourth-order valence-electron chi connectivity index (χ4n) is 2.19.